The van der Waals surface area contributed by atoms with Crippen LogP contribution in [0.25, 0.3) is 16.9 Å². The lowest BCUT2D eigenvalue weighted by atomic mass is 9.88. The standard InChI is InChI=1S/C34H37BrN6O5S/c1-21-8-6-9-22(2)31(21)28-16-30(39-33(38-28)40-47(44,45)27-11-7-10-23(14-27)32(42)43)46-20-25(17-34(3,4)5)36-18-26-19-41-13-12-24(35)15-29(41)37-26/h6-16,19,25,36H,17-18,20H2,1-5H3,(H,42,43)(H,38,39,40). The van der Waals surface area contributed by atoms with E-state index in [1.54, 1.807) is 6.07 Å². The van der Waals surface area contributed by atoms with Crippen molar-refractivity contribution in [2.45, 2.75) is 58.5 Å². The number of benzene rings is 2. The van der Waals surface area contributed by atoms with Crippen LogP contribution in [0.1, 0.15) is 54.4 Å². The highest BCUT2D eigenvalue weighted by Gasteiger charge is 2.23. The molecule has 1 atom stereocenters. The van der Waals surface area contributed by atoms with Crippen LogP contribution < -0.4 is 14.8 Å². The number of fused-ring (bicyclic) bond motifs is 1. The Morgan fingerprint density at radius 2 is 1.74 bits per heavy atom. The van der Waals surface area contributed by atoms with Crippen molar-refractivity contribution in [1.82, 2.24) is 24.7 Å². The van der Waals surface area contributed by atoms with E-state index in [1.807, 2.05) is 61.0 Å². The molecule has 3 aromatic heterocycles. The third-order valence-electron chi connectivity index (χ3n) is 7.39. The van der Waals surface area contributed by atoms with Gasteiger partial charge in [0.05, 0.1) is 21.8 Å². The van der Waals surface area contributed by atoms with Gasteiger partial charge in [0.1, 0.15) is 12.3 Å². The number of nitrogens with zero attached hydrogens (tertiary/aromatic N) is 4. The Balaban J connectivity index is 1.43. The van der Waals surface area contributed by atoms with E-state index >= 15 is 0 Å². The van der Waals surface area contributed by atoms with Crippen LogP contribution in [-0.4, -0.2) is 51.5 Å². The molecule has 5 aromatic rings. The molecule has 5 rings (SSSR count). The largest absolute Gasteiger partial charge is 0.478 e. The number of hydrogen-bond acceptors (Lipinski definition) is 8. The Hall–Kier alpha value is -4.33. The molecule has 2 aromatic carbocycles. The summed E-state index contributed by atoms with van der Waals surface area (Å²) in [4.78, 5) is 24.9. The van der Waals surface area contributed by atoms with Crippen LogP contribution in [0, 0.1) is 19.3 Å². The first-order chi connectivity index (χ1) is 22.2. The lowest BCUT2D eigenvalue weighted by Gasteiger charge is -2.26. The Kier molecular flexibility index (Phi) is 9.99. The number of carboxylic acid groups (broad SMARTS) is 1. The lowest BCUT2D eigenvalue weighted by Crippen LogP contribution is -2.37. The fourth-order valence-corrected chi connectivity index (χ4v) is 6.64. The summed E-state index contributed by atoms with van der Waals surface area (Å²) in [6.07, 6.45) is 4.71. The van der Waals surface area contributed by atoms with Gasteiger partial charge in [-0.15, -0.1) is 0 Å². The van der Waals surface area contributed by atoms with Crippen LogP contribution in [0.3, 0.4) is 0 Å². The molecule has 3 N–H and O–H groups in total. The number of sulfonamides is 1. The molecule has 11 nitrogen and oxygen atoms in total. The maximum atomic E-state index is 13.4. The second kappa shape index (κ2) is 13.8. The molecule has 47 heavy (non-hydrogen) atoms. The molecule has 0 amide bonds. The topological polar surface area (TPSA) is 148 Å². The van der Waals surface area contributed by atoms with E-state index in [-0.39, 0.29) is 40.4 Å². The highest BCUT2D eigenvalue weighted by Crippen LogP contribution is 2.30. The van der Waals surface area contributed by atoms with E-state index in [0.717, 1.165) is 45.0 Å². The van der Waals surface area contributed by atoms with Gasteiger partial charge in [0.2, 0.25) is 11.8 Å². The zero-order chi connectivity index (χ0) is 33.9. The van der Waals surface area contributed by atoms with Gasteiger partial charge >= 0.3 is 5.97 Å². The Morgan fingerprint density at radius 1 is 1.02 bits per heavy atom. The average Bonchev–Trinajstić information content (AvgIpc) is 3.39. The normalized spacial score (nSPS) is 12.6. The quantitative estimate of drug-likeness (QED) is 0.129. The summed E-state index contributed by atoms with van der Waals surface area (Å²) in [5, 5.41) is 12.9. The highest BCUT2D eigenvalue weighted by molar-refractivity contribution is 9.10. The molecule has 3 heterocycles. The van der Waals surface area contributed by atoms with Gasteiger partial charge in [0, 0.05) is 41.1 Å². The summed E-state index contributed by atoms with van der Waals surface area (Å²) in [5.41, 5.74) is 4.75. The minimum Gasteiger partial charge on any atom is -0.478 e. The number of aromatic carboxylic acids is 1. The molecule has 0 spiro atoms. The van der Waals surface area contributed by atoms with E-state index in [1.165, 1.54) is 18.2 Å². The van der Waals surface area contributed by atoms with Crippen LogP contribution in [-0.2, 0) is 16.6 Å². The summed E-state index contributed by atoms with van der Waals surface area (Å²) < 4.78 is 38.3. The van der Waals surface area contributed by atoms with Crippen molar-refractivity contribution in [3.05, 3.63) is 99.9 Å². The Bertz CT molecular complexity index is 2020. The molecule has 0 aliphatic carbocycles. The van der Waals surface area contributed by atoms with E-state index in [2.05, 4.69) is 56.7 Å². The van der Waals surface area contributed by atoms with Crippen molar-refractivity contribution in [2.24, 2.45) is 5.41 Å². The second-order valence-electron chi connectivity index (χ2n) is 12.6. The molecule has 0 radical (unpaired) electrons. The molecule has 0 saturated heterocycles. The number of imidazole rings is 1. The van der Waals surface area contributed by atoms with E-state index in [9.17, 15) is 18.3 Å². The van der Waals surface area contributed by atoms with E-state index in [0.29, 0.717) is 12.2 Å². The summed E-state index contributed by atoms with van der Waals surface area (Å²) in [6.45, 7) is 11.1. The van der Waals surface area contributed by atoms with Crippen LogP contribution in [0.5, 0.6) is 5.88 Å². The van der Waals surface area contributed by atoms with Crippen LogP contribution in [0.2, 0.25) is 0 Å². The second-order valence-corrected chi connectivity index (χ2v) is 15.2. The van der Waals surface area contributed by atoms with Crippen molar-refractivity contribution in [1.29, 1.82) is 0 Å². The first-order valence-corrected chi connectivity index (χ1v) is 17.3. The SMILES string of the molecule is Cc1cccc(C)c1-c1cc(OCC(CC(C)(C)C)NCc2cn3ccc(Br)cc3n2)nc(NS(=O)(=O)c2cccc(C(=O)O)c2)n1. The van der Waals surface area contributed by atoms with Crippen LogP contribution in [0.4, 0.5) is 5.95 Å². The summed E-state index contributed by atoms with van der Waals surface area (Å²) >= 11 is 3.49. The average molecular weight is 722 g/mol. The maximum Gasteiger partial charge on any atom is 0.335 e. The molecular formula is C34H37BrN6O5S. The first-order valence-electron chi connectivity index (χ1n) is 15.0. The third kappa shape index (κ3) is 8.73. The number of carbonyl (C=O) groups is 1. The molecule has 0 fully saturated rings. The summed E-state index contributed by atoms with van der Waals surface area (Å²) in [5.74, 6) is -1.25. The van der Waals surface area contributed by atoms with Crippen molar-refractivity contribution in [3.8, 4) is 17.1 Å². The number of anilines is 1. The predicted octanol–water partition coefficient (Wildman–Crippen LogP) is 6.64. The molecule has 246 valence electrons. The fraction of sp³-hybridized carbons (Fsp3) is 0.294. The van der Waals surface area contributed by atoms with Gasteiger partial charge in [-0.25, -0.2) is 27.9 Å². The Labute approximate surface area is 282 Å². The molecule has 0 saturated carbocycles. The minimum absolute atomic E-state index is 0.0226. The van der Waals surface area contributed by atoms with Crippen molar-refractivity contribution in [2.75, 3.05) is 11.3 Å². The summed E-state index contributed by atoms with van der Waals surface area (Å²) in [6, 6.07) is 16.5. The predicted molar refractivity (Wildman–Crippen MR) is 184 cm³/mol. The third-order valence-corrected chi connectivity index (χ3v) is 9.21. The van der Waals surface area contributed by atoms with Crippen molar-refractivity contribution in [3.63, 3.8) is 0 Å². The molecule has 0 bridgehead atoms. The molecule has 0 aliphatic rings. The minimum atomic E-state index is -4.23. The molecule has 0 aliphatic heterocycles. The highest BCUT2D eigenvalue weighted by atomic mass is 79.9. The zero-order valence-corrected chi connectivity index (χ0v) is 29.2. The number of halogens is 1. The number of pyridine rings is 1. The van der Waals surface area contributed by atoms with Gasteiger partial charge in [0.15, 0.2) is 0 Å². The number of nitrogens with one attached hydrogen (secondary N) is 2. The fourth-order valence-electron chi connectivity index (χ4n) is 5.33. The van der Waals surface area contributed by atoms with Gasteiger partial charge in [0.25, 0.3) is 10.0 Å². The van der Waals surface area contributed by atoms with Crippen LogP contribution >= 0.6 is 15.9 Å². The lowest BCUT2D eigenvalue weighted by molar-refractivity contribution is 0.0696. The molecule has 1 unspecified atom stereocenters. The first kappa shape index (κ1) is 34.0. The van der Waals surface area contributed by atoms with Crippen molar-refractivity contribution < 1.29 is 23.1 Å². The number of ether oxygens (including phenoxy) is 1. The number of aryl methyl sites for hydroxylation is 2. The van der Waals surface area contributed by atoms with Crippen molar-refractivity contribution >= 4 is 43.5 Å². The van der Waals surface area contributed by atoms with Crippen LogP contribution in [0.15, 0.2) is 82.4 Å². The van der Waals surface area contributed by atoms with Gasteiger partial charge in [-0.3, -0.25) is 0 Å². The number of hydrogen-bond donors (Lipinski definition) is 3. The Morgan fingerprint density at radius 3 is 2.45 bits per heavy atom. The number of carboxylic acids is 1. The van der Waals surface area contributed by atoms with Gasteiger partial charge in [-0.2, -0.15) is 4.98 Å². The monoisotopic (exact) mass is 720 g/mol. The number of aromatic nitrogens is 4. The van der Waals surface area contributed by atoms with Gasteiger partial charge in [-0.05, 0) is 67.1 Å². The summed E-state index contributed by atoms with van der Waals surface area (Å²) in [7, 11) is -4.23. The zero-order valence-electron chi connectivity index (χ0n) is 26.8. The maximum absolute atomic E-state index is 13.4. The van der Waals surface area contributed by atoms with Gasteiger partial charge < -0.3 is 19.6 Å². The van der Waals surface area contributed by atoms with Gasteiger partial charge in [-0.1, -0.05) is 61.0 Å². The molecular weight excluding hydrogens is 684 g/mol. The smallest absolute Gasteiger partial charge is 0.335 e. The van der Waals surface area contributed by atoms with E-state index in [4.69, 9.17) is 9.72 Å². The number of rotatable bonds is 12. The van der Waals surface area contributed by atoms with E-state index < -0.39 is 16.0 Å². The molecule has 13 heteroatoms.